The molecule has 1 aromatic rings. The largest absolute Gasteiger partial charge is 0.326 e. The zero-order valence-electron chi connectivity index (χ0n) is 14.0. The Hall–Kier alpha value is -1.31. The molecule has 0 unspecified atom stereocenters. The molecule has 0 saturated heterocycles. The van der Waals surface area contributed by atoms with Crippen LogP contribution in [0.25, 0.3) is 0 Å². The van der Waals surface area contributed by atoms with Crippen LogP contribution in [0.3, 0.4) is 0 Å². The third-order valence-electron chi connectivity index (χ3n) is 3.87. The molecule has 2 nitrogen and oxygen atoms in total. The van der Waals surface area contributed by atoms with Crippen LogP contribution in [0.1, 0.15) is 83.6 Å². The minimum atomic E-state index is 0.140. The molecule has 0 saturated carbocycles. The van der Waals surface area contributed by atoms with E-state index in [1.807, 2.05) is 12.1 Å². The Morgan fingerprint density at radius 2 is 1.52 bits per heavy atom. The van der Waals surface area contributed by atoms with Gasteiger partial charge >= 0.3 is 0 Å². The molecule has 1 rings (SSSR count). The molecule has 0 heterocycles. The number of hydrogen-bond donors (Lipinski definition) is 1. The van der Waals surface area contributed by atoms with Gasteiger partial charge in [0.05, 0.1) is 0 Å². The molecule has 2 heteroatoms. The van der Waals surface area contributed by atoms with Crippen LogP contribution in [0.2, 0.25) is 0 Å². The number of rotatable bonds is 10. The van der Waals surface area contributed by atoms with Crippen molar-refractivity contribution in [3.05, 3.63) is 29.8 Å². The molecule has 0 bridgehead atoms. The molecule has 0 radical (unpaired) electrons. The number of unbranched alkanes of at least 4 members (excludes halogenated alkanes) is 6. The Labute approximate surface area is 130 Å². The zero-order valence-corrected chi connectivity index (χ0v) is 14.0. The van der Waals surface area contributed by atoms with Crippen molar-refractivity contribution in [3.8, 4) is 0 Å². The zero-order chi connectivity index (χ0) is 15.5. The van der Waals surface area contributed by atoms with Crippen molar-refractivity contribution < 1.29 is 4.79 Å². The van der Waals surface area contributed by atoms with Gasteiger partial charge in [0.1, 0.15) is 0 Å². The van der Waals surface area contributed by atoms with Crippen LogP contribution in [-0.2, 0) is 4.79 Å². The van der Waals surface area contributed by atoms with Gasteiger partial charge in [0, 0.05) is 12.1 Å². The van der Waals surface area contributed by atoms with Gasteiger partial charge < -0.3 is 5.32 Å². The second kappa shape index (κ2) is 10.4. The first kappa shape index (κ1) is 17.7. The van der Waals surface area contributed by atoms with E-state index in [9.17, 15) is 4.79 Å². The molecule has 0 aliphatic heterocycles. The normalized spacial score (nSPS) is 10.9. The summed E-state index contributed by atoms with van der Waals surface area (Å²) in [6, 6.07) is 8.18. The van der Waals surface area contributed by atoms with E-state index < -0.39 is 0 Å². The highest BCUT2D eigenvalue weighted by Crippen LogP contribution is 2.17. The first-order valence-corrected chi connectivity index (χ1v) is 8.53. The fourth-order valence-electron chi connectivity index (χ4n) is 2.42. The van der Waals surface area contributed by atoms with Crippen molar-refractivity contribution >= 4 is 11.6 Å². The summed E-state index contributed by atoms with van der Waals surface area (Å²) in [6.45, 7) is 6.58. The van der Waals surface area contributed by atoms with Crippen LogP contribution in [0.15, 0.2) is 24.3 Å². The number of benzene rings is 1. The van der Waals surface area contributed by atoms with E-state index in [-0.39, 0.29) is 5.91 Å². The van der Waals surface area contributed by atoms with Crippen molar-refractivity contribution in [2.45, 2.75) is 78.1 Å². The SMILES string of the molecule is CCCCCCCCCC(=O)Nc1ccc(C(C)C)cc1. The highest BCUT2D eigenvalue weighted by molar-refractivity contribution is 5.90. The lowest BCUT2D eigenvalue weighted by Crippen LogP contribution is -2.11. The number of nitrogens with one attached hydrogen (secondary N) is 1. The van der Waals surface area contributed by atoms with E-state index in [1.54, 1.807) is 0 Å². The lowest BCUT2D eigenvalue weighted by atomic mass is 10.0. The molecule has 0 spiro atoms. The average Bonchev–Trinajstić information content (AvgIpc) is 2.47. The van der Waals surface area contributed by atoms with E-state index in [4.69, 9.17) is 0 Å². The summed E-state index contributed by atoms with van der Waals surface area (Å²) in [4.78, 5) is 11.9. The number of hydrogen-bond acceptors (Lipinski definition) is 1. The number of carbonyl (C=O) groups excluding carboxylic acids is 1. The monoisotopic (exact) mass is 289 g/mol. The fraction of sp³-hybridized carbons (Fsp3) is 0.632. The minimum Gasteiger partial charge on any atom is -0.326 e. The maximum Gasteiger partial charge on any atom is 0.224 e. The van der Waals surface area contributed by atoms with Crippen molar-refractivity contribution in [1.82, 2.24) is 0 Å². The van der Waals surface area contributed by atoms with E-state index >= 15 is 0 Å². The first-order chi connectivity index (χ1) is 10.1. The summed E-state index contributed by atoms with van der Waals surface area (Å²) >= 11 is 0. The molecule has 1 N–H and O–H groups in total. The van der Waals surface area contributed by atoms with Crippen molar-refractivity contribution in [2.75, 3.05) is 5.32 Å². The Morgan fingerprint density at radius 3 is 2.10 bits per heavy atom. The van der Waals surface area contributed by atoms with Gasteiger partial charge in [-0.3, -0.25) is 4.79 Å². The average molecular weight is 289 g/mol. The third kappa shape index (κ3) is 7.89. The van der Waals surface area contributed by atoms with Crippen LogP contribution in [0, 0.1) is 0 Å². The van der Waals surface area contributed by atoms with E-state index in [0.717, 1.165) is 12.1 Å². The van der Waals surface area contributed by atoms with Crippen LogP contribution in [0.5, 0.6) is 0 Å². The second-order valence-corrected chi connectivity index (χ2v) is 6.20. The lowest BCUT2D eigenvalue weighted by molar-refractivity contribution is -0.116. The summed E-state index contributed by atoms with van der Waals surface area (Å²) in [5, 5.41) is 2.98. The molecule has 1 aromatic carbocycles. The molecule has 1 amide bonds. The molecule has 0 aliphatic carbocycles. The fourth-order valence-corrected chi connectivity index (χ4v) is 2.42. The van der Waals surface area contributed by atoms with Crippen molar-refractivity contribution in [1.29, 1.82) is 0 Å². The quantitative estimate of drug-likeness (QED) is 0.535. The minimum absolute atomic E-state index is 0.140. The van der Waals surface area contributed by atoms with Crippen LogP contribution < -0.4 is 5.32 Å². The van der Waals surface area contributed by atoms with E-state index in [0.29, 0.717) is 12.3 Å². The molecule has 0 aromatic heterocycles. The molecule has 118 valence electrons. The maximum atomic E-state index is 11.9. The topological polar surface area (TPSA) is 29.1 Å². The standard InChI is InChI=1S/C19H31NO/c1-4-5-6-7-8-9-10-11-19(21)20-18-14-12-17(13-15-18)16(2)3/h12-16H,4-11H2,1-3H3,(H,20,21). The van der Waals surface area contributed by atoms with Gasteiger partial charge in [-0.15, -0.1) is 0 Å². The van der Waals surface area contributed by atoms with E-state index in [2.05, 4.69) is 38.2 Å². The Bertz CT molecular complexity index is 395. The molecular weight excluding hydrogens is 258 g/mol. The van der Waals surface area contributed by atoms with Gasteiger partial charge in [-0.05, 0) is 30.0 Å². The summed E-state index contributed by atoms with van der Waals surface area (Å²) in [5.74, 6) is 0.670. The van der Waals surface area contributed by atoms with Crippen LogP contribution in [0.4, 0.5) is 5.69 Å². The summed E-state index contributed by atoms with van der Waals surface area (Å²) in [6.07, 6.45) is 9.35. The van der Waals surface area contributed by atoms with Gasteiger partial charge in [0.15, 0.2) is 0 Å². The molecule has 21 heavy (non-hydrogen) atoms. The maximum absolute atomic E-state index is 11.9. The Morgan fingerprint density at radius 1 is 0.952 bits per heavy atom. The van der Waals surface area contributed by atoms with Gasteiger partial charge in [-0.25, -0.2) is 0 Å². The van der Waals surface area contributed by atoms with Crippen molar-refractivity contribution in [3.63, 3.8) is 0 Å². The van der Waals surface area contributed by atoms with Gasteiger partial charge in [0.25, 0.3) is 0 Å². The molecule has 0 atom stereocenters. The summed E-state index contributed by atoms with van der Waals surface area (Å²) in [5.41, 5.74) is 2.22. The van der Waals surface area contributed by atoms with Gasteiger partial charge in [-0.1, -0.05) is 71.4 Å². The van der Waals surface area contributed by atoms with Gasteiger partial charge in [0.2, 0.25) is 5.91 Å². The van der Waals surface area contributed by atoms with Crippen molar-refractivity contribution in [2.24, 2.45) is 0 Å². The highest BCUT2D eigenvalue weighted by atomic mass is 16.1. The second-order valence-electron chi connectivity index (χ2n) is 6.20. The Balaban J connectivity index is 2.15. The highest BCUT2D eigenvalue weighted by Gasteiger charge is 2.03. The lowest BCUT2D eigenvalue weighted by Gasteiger charge is -2.08. The molecular formula is C19H31NO. The summed E-state index contributed by atoms with van der Waals surface area (Å²) in [7, 11) is 0. The molecule has 0 aliphatic rings. The summed E-state index contributed by atoms with van der Waals surface area (Å²) < 4.78 is 0. The number of amides is 1. The Kier molecular flexibility index (Phi) is 8.80. The number of anilines is 1. The predicted octanol–water partition coefficient (Wildman–Crippen LogP) is 5.89. The molecule has 0 fully saturated rings. The third-order valence-corrected chi connectivity index (χ3v) is 3.87. The smallest absolute Gasteiger partial charge is 0.224 e. The number of carbonyl (C=O) groups is 1. The van der Waals surface area contributed by atoms with Crippen LogP contribution in [-0.4, -0.2) is 5.91 Å². The first-order valence-electron chi connectivity index (χ1n) is 8.53. The van der Waals surface area contributed by atoms with E-state index in [1.165, 1.54) is 44.1 Å². The predicted molar refractivity (Wildman–Crippen MR) is 91.8 cm³/mol. The van der Waals surface area contributed by atoms with Crippen LogP contribution >= 0.6 is 0 Å². The van der Waals surface area contributed by atoms with Gasteiger partial charge in [-0.2, -0.15) is 0 Å².